The Morgan fingerprint density at radius 3 is 1.70 bits per heavy atom. The molecule has 0 N–H and O–H groups in total. The van der Waals surface area contributed by atoms with E-state index in [0.717, 1.165) is 56.1 Å². The minimum absolute atomic E-state index is 0.838. The number of thiophene rings is 1. The van der Waals surface area contributed by atoms with Gasteiger partial charge in [0, 0.05) is 48.0 Å². The molecule has 10 aromatic rings. The fourth-order valence-corrected chi connectivity index (χ4v) is 8.60. The first kappa shape index (κ1) is 28.6. The second-order valence-electron chi connectivity index (χ2n) is 12.5. The quantitative estimate of drug-likeness (QED) is 0.177. The summed E-state index contributed by atoms with van der Waals surface area (Å²) in [6.07, 6.45) is 0. The van der Waals surface area contributed by atoms with Crippen LogP contribution in [0.1, 0.15) is 0 Å². The van der Waals surface area contributed by atoms with Crippen molar-refractivity contribution in [3.63, 3.8) is 0 Å². The van der Waals surface area contributed by atoms with Crippen LogP contribution in [0.25, 0.3) is 52.9 Å². The van der Waals surface area contributed by atoms with Crippen LogP contribution in [-0.2, 0) is 0 Å². The highest BCUT2D eigenvalue weighted by atomic mass is 32.1. The molecule has 0 fully saturated rings. The van der Waals surface area contributed by atoms with Gasteiger partial charge in [0.05, 0.1) is 11.4 Å². The normalized spacial score (nSPS) is 11.6. The highest BCUT2D eigenvalue weighted by Crippen LogP contribution is 2.53. The highest BCUT2D eigenvalue weighted by Gasteiger charge is 2.28. The molecule has 3 nitrogen and oxygen atoms in total. The molecule has 0 aliphatic heterocycles. The fourth-order valence-electron chi connectivity index (χ4n) is 7.47. The number of nitrogens with zero attached hydrogens (tertiary/aromatic N) is 2. The van der Waals surface area contributed by atoms with Gasteiger partial charge < -0.3 is 14.2 Å². The van der Waals surface area contributed by atoms with Crippen LogP contribution in [0, 0.1) is 0 Å². The molecule has 4 heteroatoms. The van der Waals surface area contributed by atoms with Gasteiger partial charge in [-0.15, -0.1) is 11.3 Å². The molecule has 0 unspecified atom stereocenters. The molecule has 0 atom stereocenters. The summed E-state index contributed by atoms with van der Waals surface area (Å²) in [6, 6.07) is 64.7. The summed E-state index contributed by atoms with van der Waals surface area (Å²) in [7, 11) is 0. The number of furan rings is 1. The minimum Gasteiger partial charge on any atom is -0.454 e. The number of hydrogen-bond acceptors (Lipinski definition) is 4. The Morgan fingerprint density at radius 2 is 0.980 bits per heavy atom. The molecule has 2 aromatic heterocycles. The van der Waals surface area contributed by atoms with Gasteiger partial charge in [0.25, 0.3) is 0 Å². The maximum atomic E-state index is 7.05. The van der Waals surface area contributed by atoms with E-state index in [-0.39, 0.29) is 0 Å². The van der Waals surface area contributed by atoms with Crippen LogP contribution < -0.4 is 9.80 Å². The first-order valence-corrected chi connectivity index (χ1v) is 17.7. The topological polar surface area (TPSA) is 19.6 Å². The van der Waals surface area contributed by atoms with Crippen LogP contribution in [-0.4, -0.2) is 0 Å². The molecule has 8 aromatic carbocycles. The third-order valence-electron chi connectivity index (χ3n) is 9.61. The minimum atomic E-state index is 0.838. The number of para-hydroxylation sites is 3. The molecule has 2 heterocycles. The molecular formula is C46H30N2OS. The van der Waals surface area contributed by atoms with E-state index in [4.69, 9.17) is 4.42 Å². The van der Waals surface area contributed by atoms with Crippen LogP contribution >= 0.6 is 11.3 Å². The molecule has 10 rings (SSSR count). The zero-order chi connectivity index (χ0) is 33.0. The lowest BCUT2D eigenvalue weighted by Crippen LogP contribution is -2.17. The molecule has 0 aliphatic rings. The van der Waals surface area contributed by atoms with Crippen LogP contribution in [0.5, 0.6) is 0 Å². The summed E-state index contributed by atoms with van der Waals surface area (Å²) in [5.74, 6) is 0. The first-order valence-electron chi connectivity index (χ1n) is 16.9. The summed E-state index contributed by atoms with van der Waals surface area (Å²) in [4.78, 5) is 4.77. The van der Waals surface area contributed by atoms with Crippen LogP contribution in [0.4, 0.5) is 34.1 Å². The Morgan fingerprint density at radius 1 is 0.380 bits per heavy atom. The van der Waals surface area contributed by atoms with E-state index in [1.165, 1.54) is 30.9 Å². The number of rotatable bonds is 6. The van der Waals surface area contributed by atoms with Crippen molar-refractivity contribution in [2.45, 2.75) is 0 Å². The number of fused-ring (bicyclic) bond motifs is 8. The van der Waals surface area contributed by atoms with E-state index in [9.17, 15) is 0 Å². The molecule has 0 saturated carbocycles. The van der Waals surface area contributed by atoms with E-state index in [1.54, 1.807) is 0 Å². The van der Waals surface area contributed by atoms with Crippen molar-refractivity contribution >= 4 is 98.3 Å². The second kappa shape index (κ2) is 11.7. The molecule has 236 valence electrons. The summed E-state index contributed by atoms with van der Waals surface area (Å²) >= 11 is 1.84. The zero-order valence-corrected chi connectivity index (χ0v) is 27.8. The van der Waals surface area contributed by atoms with Gasteiger partial charge in [-0.2, -0.15) is 0 Å². The van der Waals surface area contributed by atoms with Crippen molar-refractivity contribution in [1.29, 1.82) is 0 Å². The number of anilines is 6. The Labute approximate surface area is 293 Å². The van der Waals surface area contributed by atoms with Crippen molar-refractivity contribution in [2.24, 2.45) is 0 Å². The van der Waals surface area contributed by atoms with Crippen LogP contribution in [0.15, 0.2) is 186 Å². The highest BCUT2D eigenvalue weighted by molar-refractivity contribution is 7.26. The molecule has 0 spiro atoms. The largest absolute Gasteiger partial charge is 0.454 e. The fraction of sp³-hybridized carbons (Fsp3) is 0. The van der Waals surface area contributed by atoms with Gasteiger partial charge in [-0.1, -0.05) is 109 Å². The Balaban J connectivity index is 1.38. The molecule has 0 saturated heterocycles. The molecule has 0 radical (unpaired) electrons. The lowest BCUT2D eigenvalue weighted by atomic mass is 10.0. The van der Waals surface area contributed by atoms with Gasteiger partial charge in [0.1, 0.15) is 11.3 Å². The third kappa shape index (κ3) is 4.50. The van der Waals surface area contributed by atoms with Crippen molar-refractivity contribution in [3.8, 4) is 0 Å². The van der Waals surface area contributed by atoms with Gasteiger partial charge in [-0.05, 0) is 83.6 Å². The average Bonchev–Trinajstić information content (AvgIpc) is 3.76. The van der Waals surface area contributed by atoms with Crippen molar-refractivity contribution in [3.05, 3.63) is 182 Å². The Kier molecular flexibility index (Phi) is 6.68. The van der Waals surface area contributed by atoms with Gasteiger partial charge in [0.2, 0.25) is 0 Å². The molecule has 0 amide bonds. The Bertz CT molecular complexity index is 2780. The molecule has 50 heavy (non-hydrogen) atoms. The number of hydrogen-bond donors (Lipinski definition) is 0. The summed E-state index contributed by atoms with van der Waals surface area (Å²) in [6.45, 7) is 0. The smallest absolute Gasteiger partial charge is 0.161 e. The van der Waals surface area contributed by atoms with Crippen molar-refractivity contribution in [1.82, 2.24) is 0 Å². The maximum absolute atomic E-state index is 7.05. The van der Waals surface area contributed by atoms with E-state index in [2.05, 4.69) is 192 Å². The Hall–Kier alpha value is -6.36. The lowest BCUT2D eigenvalue weighted by Gasteiger charge is -2.33. The molecule has 0 aliphatic carbocycles. The SMILES string of the molecule is c1ccc(N(c2ccccc2)c2c(N(c3ccccc3)c3cccc4sc5ccccc5c34)ccc3c2oc2ccc4ccccc4c23)cc1. The third-order valence-corrected chi connectivity index (χ3v) is 10.7. The van der Waals surface area contributed by atoms with Gasteiger partial charge in [0.15, 0.2) is 5.58 Å². The predicted octanol–water partition coefficient (Wildman–Crippen LogP) is 14.0. The average molecular weight is 659 g/mol. The summed E-state index contributed by atoms with van der Waals surface area (Å²) in [5.41, 5.74) is 7.98. The summed E-state index contributed by atoms with van der Waals surface area (Å²) in [5, 5.41) is 7.08. The number of benzene rings is 8. The van der Waals surface area contributed by atoms with Crippen molar-refractivity contribution in [2.75, 3.05) is 9.80 Å². The lowest BCUT2D eigenvalue weighted by molar-refractivity contribution is 0.669. The van der Waals surface area contributed by atoms with E-state index < -0.39 is 0 Å². The van der Waals surface area contributed by atoms with E-state index in [0.29, 0.717) is 0 Å². The summed E-state index contributed by atoms with van der Waals surface area (Å²) < 4.78 is 9.59. The first-order chi connectivity index (χ1) is 24.8. The molecular weight excluding hydrogens is 629 g/mol. The van der Waals surface area contributed by atoms with Gasteiger partial charge in [-0.3, -0.25) is 0 Å². The van der Waals surface area contributed by atoms with Crippen LogP contribution in [0.3, 0.4) is 0 Å². The second-order valence-corrected chi connectivity index (χ2v) is 13.6. The maximum Gasteiger partial charge on any atom is 0.161 e. The van der Waals surface area contributed by atoms with Crippen molar-refractivity contribution < 1.29 is 4.42 Å². The predicted molar refractivity (Wildman–Crippen MR) is 213 cm³/mol. The van der Waals surface area contributed by atoms with Gasteiger partial charge >= 0.3 is 0 Å². The monoisotopic (exact) mass is 658 g/mol. The van der Waals surface area contributed by atoms with Gasteiger partial charge in [-0.25, -0.2) is 0 Å². The van der Waals surface area contributed by atoms with Crippen LogP contribution in [0.2, 0.25) is 0 Å². The van der Waals surface area contributed by atoms with E-state index >= 15 is 0 Å². The van der Waals surface area contributed by atoms with E-state index in [1.807, 2.05) is 11.3 Å². The molecule has 0 bridgehead atoms. The standard InChI is InChI=1S/C46H30N2OS/c1-4-16-32(17-5-1)47(33-18-6-2-7-19-33)45-39(29-28-37-43-35-22-11-10-15-31(35)27-30-40(43)49-46(37)45)48(34-20-8-3-9-21-34)38-24-14-26-42-44(38)36-23-12-13-25-41(36)50-42/h1-30H. The zero-order valence-electron chi connectivity index (χ0n) is 27.0.